The normalized spacial score (nSPS) is 15.7. The third kappa shape index (κ3) is 23.2. The molecule has 32 heteroatoms. The molecule has 0 spiro atoms. The highest BCUT2D eigenvalue weighted by Crippen LogP contribution is 2.18. The monoisotopic (exact) mass is 1300 g/mol. The Morgan fingerprint density at radius 3 is 1.48 bits per heavy atom. The number of primary amides is 1. The van der Waals surface area contributed by atoms with E-state index in [1.807, 2.05) is 5.32 Å². The summed E-state index contributed by atoms with van der Waals surface area (Å²) in [5.74, 6) is -10.3. The second-order valence-corrected chi connectivity index (χ2v) is 22.1. The van der Waals surface area contributed by atoms with Crippen molar-refractivity contribution in [3.8, 4) is 5.75 Å². The SMILES string of the molecule is C[C@@H](O)[C@H](NC(=O)[C@H](CCCCN)NC(=O)[C@@H](Cc1ccc(NC(N)=O)cc1)NC(=O)[C@H](Cc1ccc(NC(=O)C2CC(=O)NC(=O)N2)cc1)NC(=O)[C@@H](CS)NC(=O)[C@@H](N)Cc1ccc(Cl)cc1)C(=O)N[C@@H](CS)C(=O)N[C@H](Cc1ccc(O)cc1)C(=O)O. The van der Waals surface area contributed by atoms with Crippen LogP contribution < -0.4 is 75.7 Å². The maximum absolute atomic E-state index is 14.9. The number of amides is 13. The second-order valence-electron chi connectivity index (χ2n) is 20.9. The highest BCUT2D eigenvalue weighted by molar-refractivity contribution is 7.80. The number of benzene rings is 4. The minimum atomic E-state index is -1.81. The Labute approximate surface area is 532 Å². The van der Waals surface area contributed by atoms with Gasteiger partial charge >= 0.3 is 18.0 Å². The molecule has 0 saturated carbocycles. The van der Waals surface area contributed by atoms with E-state index in [2.05, 4.69) is 78.4 Å². The molecular weight excluding hydrogens is 1230 g/mol. The molecule has 1 unspecified atom stereocenters. The number of anilines is 2. The zero-order valence-electron chi connectivity index (χ0n) is 48.5. The zero-order chi connectivity index (χ0) is 66.2. The van der Waals surface area contributed by atoms with Crippen molar-refractivity contribution in [2.75, 3.05) is 28.7 Å². The van der Waals surface area contributed by atoms with Crippen molar-refractivity contribution >= 4 is 119 Å². The molecule has 0 aliphatic carbocycles. The van der Waals surface area contributed by atoms with E-state index in [-0.39, 0.29) is 80.1 Å². The van der Waals surface area contributed by atoms with Crippen LogP contribution in [0, 0.1) is 0 Å². The van der Waals surface area contributed by atoms with Crippen LogP contribution in [-0.4, -0.2) is 165 Å². The fourth-order valence-corrected chi connectivity index (χ4v) is 9.59. The van der Waals surface area contributed by atoms with E-state index >= 15 is 0 Å². The summed E-state index contributed by atoms with van der Waals surface area (Å²) in [5.41, 5.74) is 19.7. The molecule has 4 aromatic carbocycles. The van der Waals surface area contributed by atoms with Gasteiger partial charge in [-0.15, -0.1) is 0 Å². The van der Waals surface area contributed by atoms with Crippen LogP contribution in [0.15, 0.2) is 97.1 Å². The predicted molar refractivity (Wildman–Crippen MR) is 336 cm³/mol. The minimum absolute atomic E-state index is 0.0515. The number of aromatic hydroxyl groups is 1. The van der Waals surface area contributed by atoms with Crippen molar-refractivity contribution in [2.45, 2.75) is 119 Å². The van der Waals surface area contributed by atoms with E-state index in [9.17, 15) is 72.9 Å². The van der Waals surface area contributed by atoms with Gasteiger partial charge in [0.15, 0.2) is 0 Å². The molecule has 4 aromatic rings. The van der Waals surface area contributed by atoms with Gasteiger partial charge in [-0.25, -0.2) is 14.4 Å². The molecule has 5 rings (SSSR count). The number of imide groups is 1. The van der Waals surface area contributed by atoms with Gasteiger partial charge < -0.3 is 85.7 Å². The molecule has 0 bridgehead atoms. The van der Waals surface area contributed by atoms with Gasteiger partial charge in [-0.2, -0.15) is 25.3 Å². The van der Waals surface area contributed by atoms with Crippen LogP contribution in [0.2, 0.25) is 5.02 Å². The van der Waals surface area contributed by atoms with Crippen molar-refractivity contribution in [1.82, 2.24) is 47.9 Å². The maximum Gasteiger partial charge on any atom is 0.326 e. The van der Waals surface area contributed by atoms with Crippen molar-refractivity contribution < 1.29 is 72.9 Å². The van der Waals surface area contributed by atoms with Crippen LogP contribution in [0.1, 0.15) is 54.9 Å². The number of nitrogens with two attached hydrogens (primary N) is 3. The van der Waals surface area contributed by atoms with E-state index in [0.29, 0.717) is 33.7 Å². The van der Waals surface area contributed by atoms with Gasteiger partial charge in [-0.1, -0.05) is 60.1 Å². The van der Waals surface area contributed by atoms with Crippen molar-refractivity contribution in [3.05, 3.63) is 124 Å². The average molecular weight is 1310 g/mol. The van der Waals surface area contributed by atoms with Crippen LogP contribution in [0.5, 0.6) is 5.75 Å². The van der Waals surface area contributed by atoms with Crippen LogP contribution in [0.25, 0.3) is 0 Å². The number of hydrogen-bond acceptors (Lipinski definition) is 18. The molecule has 20 N–H and O–H groups in total. The van der Waals surface area contributed by atoms with Gasteiger partial charge in [0.25, 0.3) is 0 Å². The number of aliphatic carboxylic acids is 1. The smallest absolute Gasteiger partial charge is 0.326 e. The second kappa shape index (κ2) is 35.2. The molecule has 1 aliphatic heterocycles. The standard InChI is InChI=1S/C58H73ClN14O15S2/c1-29(74)47(55(84)70-45(28-90)54(83)68-43(56(85)86)25-33-11-19-37(75)20-12-33)73-49(78)39(4-2-3-21-60)65-51(80)40(23-32-9-17-36(18-10-32)64-57(62)87)66-52(81)41(24-31-7-15-35(16-8-31)63-50(79)42-26-46(76)72-58(88)71-42)67-53(82)44(27-89)69-48(77)38(61)22-30-5-13-34(59)14-6-30/h5-20,29,38-45,47,74-75,89-90H,2-4,21-28,60-61H2,1H3,(H,63,79)(H,65,80)(H,66,81)(H,67,82)(H,68,83)(H,69,77)(H,70,84)(H,73,78)(H,85,86)(H3,62,64,87)(H2,71,72,76,88)/t29-,38+,39+,40-,41+,42?,43-,44-,45+,47+/m1/s1. The van der Waals surface area contributed by atoms with Gasteiger partial charge in [0.1, 0.15) is 54.1 Å². The van der Waals surface area contributed by atoms with E-state index in [4.69, 9.17) is 28.8 Å². The Hall–Kier alpha value is -9.01. The fraction of sp³-hybridized carbons (Fsp3) is 0.379. The number of halogens is 1. The number of carbonyl (C=O) groups is 12. The van der Waals surface area contributed by atoms with Crippen LogP contribution >= 0.6 is 36.9 Å². The number of carbonyl (C=O) groups excluding carboxylic acids is 11. The molecule has 10 atom stereocenters. The zero-order valence-corrected chi connectivity index (χ0v) is 51.1. The number of phenolic OH excluding ortho intramolecular Hbond substituents is 1. The number of nitrogens with one attached hydrogen (secondary N) is 11. The summed E-state index contributed by atoms with van der Waals surface area (Å²) in [6.45, 7) is 1.31. The number of aliphatic hydroxyl groups excluding tert-OH is 1. The Bertz CT molecular complexity index is 3190. The van der Waals surface area contributed by atoms with Gasteiger partial charge in [0.2, 0.25) is 53.2 Å². The summed E-state index contributed by atoms with van der Waals surface area (Å²) in [6.07, 6.45) is -2.38. The average Bonchev–Trinajstić information content (AvgIpc) is 2.97. The van der Waals surface area contributed by atoms with Gasteiger partial charge in [0, 0.05) is 47.2 Å². The first-order valence-electron chi connectivity index (χ1n) is 28.1. The molecule has 13 amide bonds. The molecule has 1 heterocycles. The largest absolute Gasteiger partial charge is 0.508 e. The van der Waals surface area contributed by atoms with Crippen molar-refractivity contribution in [3.63, 3.8) is 0 Å². The molecule has 1 saturated heterocycles. The number of urea groups is 2. The lowest BCUT2D eigenvalue weighted by atomic mass is 10.0. The maximum atomic E-state index is 14.9. The third-order valence-electron chi connectivity index (χ3n) is 13.8. The molecule has 0 radical (unpaired) electrons. The van der Waals surface area contributed by atoms with Gasteiger partial charge in [-0.05, 0) is 110 Å². The summed E-state index contributed by atoms with van der Waals surface area (Å²) < 4.78 is 0. The Balaban J connectivity index is 1.42. The predicted octanol–water partition coefficient (Wildman–Crippen LogP) is -1.48. The summed E-state index contributed by atoms with van der Waals surface area (Å²) in [7, 11) is 0. The lowest BCUT2D eigenvalue weighted by Crippen LogP contribution is -2.62. The Kier molecular flexibility index (Phi) is 28.1. The summed E-state index contributed by atoms with van der Waals surface area (Å²) in [4.78, 5) is 160. The number of carboxylic acid groups (broad SMARTS) is 1. The highest BCUT2D eigenvalue weighted by Gasteiger charge is 2.36. The minimum Gasteiger partial charge on any atom is -0.508 e. The lowest BCUT2D eigenvalue weighted by Gasteiger charge is -2.28. The molecule has 0 aromatic heterocycles. The number of rotatable bonds is 33. The number of unbranched alkanes of at least 4 members (excludes halogenated alkanes) is 1. The van der Waals surface area contributed by atoms with Crippen molar-refractivity contribution in [2.24, 2.45) is 17.2 Å². The molecular formula is C58H73ClN14O15S2. The number of thiol groups is 2. The fourth-order valence-electron chi connectivity index (χ4n) is 8.95. The molecule has 1 aliphatic rings. The summed E-state index contributed by atoms with van der Waals surface area (Å²) >= 11 is 14.5. The lowest BCUT2D eigenvalue weighted by molar-refractivity contribution is -0.142. The van der Waals surface area contributed by atoms with E-state index in [1.165, 1.54) is 72.8 Å². The number of carboxylic acids is 1. The van der Waals surface area contributed by atoms with E-state index in [1.54, 1.807) is 24.3 Å². The highest BCUT2D eigenvalue weighted by atomic mass is 35.5. The molecule has 29 nitrogen and oxygen atoms in total. The summed E-state index contributed by atoms with van der Waals surface area (Å²) in [5, 5.41) is 57.9. The molecule has 90 heavy (non-hydrogen) atoms. The topological polar surface area (TPSA) is 476 Å². The number of aliphatic hydroxyl groups is 1. The van der Waals surface area contributed by atoms with Crippen molar-refractivity contribution in [1.29, 1.82) is 0 Å². The first-order valence-corrected chi connectivity index (χ1v) is 29.8. The van der Waals surface area contributed by atoms with Crippen LogP contribution in [0.4, 0.5) is 21.0 Å². The first kappa shape index (κ1) is 71.7. The van der Waals surface area contributed by atoms with Gasteiger partial charge in [-0.3, -0.25) is 48.5 Å². The first-order chi connectivity index (χ1) is 42.7. The van der Waals surface area contributed by atoms with E-state index < -0.39 is 132 Å². The Morgan fingerprint density at radius 1 is 0.578 bits per heavy atom. The molecule has 484 valence electrons. The van der Waals surface area contributed by atoms with E-state index in [0.717, 1.165) is 6.92 Å². The summed E-state index contributed by atoms with van der Waals surface area (Å²) in [6, 6.07) is 8.89. The van der Waals surface area contributed by atoms with Crippen LogP contribution in [-0.2, 0) is 73.6 Å². The van der Waals surface area contributed by atoms with Gasteiger partial charge in [0.05, 0.1) is 18.6 Å². The number of hydrogen-bond donors (Lipinski definition) is 19. The Morgan fingerprint density at radius 2 is 1.00 bits per heavy atom. The van der Waals surface area contributed by atoms with Crippen LogP contribution in [0.3, 0.4) is 0 Å². The third-order valence-corrected chi connectivity index (χ3v) is 14.8. The quantitative estimate of drug-likeness (QED) is 0.0191. The number of phenols is 1. The molecule has 1 fully saturated rings.